The summed E-state index contributed by atoms with van der Waals surface area (Å²) in [7, 11) is 1.56. The largest absolute Gasteiger partial charge is 0.497 e. The lowest BCUT2D eigenvalue weighted by Crippen LogP contribution is -2.22. The Morgan fingerprint density at radius 2 is 1.79 bits per heavy atom. The summed E-state index contributed by atoms with van der Waals surface area (Å²) in [5, 5.41) is 3.02. The Morgan fingerprint density at radius 1 is 1.07 bits per heavy atom. The van der Waals surface area contributed by atoms with E-state index in [1.165, 1.54) is 11.3 Å². The normalized spacial score (nSPS) is 10.2. The summed E-state index contributed by atoms with van der Waals surface area (Å²) >= 11 is 1.30. The van der Waals surface area contributed by atoms with Crippen molar-refractivity contribution in [3.05, 3.63) is 46.3 Å². The molecule has 1 N–H and O–H groups in total. The molecule has 0 fully saturated rings. The van der Waals surface area contributed by atoms with Crippen molar-refractivity contribution in [2.75, 3.05) is 25.6 Å². The fourth-order valence-corrected chi connectivity index (χ4v) is 3.34. The van der Waals surface area contributed by atoms with Gasteiger partial charge in [-0.1, -0.05) is 19.1 Å². The van der Waals surface area contributed by atoms with Crippen LogP contribution in [0.4, 0.5) is 5.00 Å². The van der Waals surface area contributed by atoms with E-state index in [9.17, 15) is 14.4 Å². The molecular formula is C20H23NO6S. The minimum Gasteiger partial charge on any atom is -0.497 e. The number of aryl methyl sites for hydroxylation is 1. The minimum absolute atomic E-state index is 0.0460. The Labute approximate surface area is 167 Å². The van der Waals surface area contributed by atoms with Crippen molar-refractivity contribution in [1.82, 2.24) is 0 Å². The highest BCUT2D eigenvalue weighted by Crippen LogP contribution is 2.29. The molecule has 2 rings (SSSR count). The topological polar surface area (TPSA) is 90.9 Å². The Hall–Kier alpha value is -2.87. The molecule has 8 heteroatoms. The van der Waals surface area contributed by atoms with Crippen LogP contribution in [0, 0.1) is 0 Å². The van der Waals surface area contributed by atoms with Gasteiger partial charge >= 0.3 is 11.9 Å². The second-order valence-electron chi connectivity index (χ2n) is 5.76. The molecule has 0 aliphatic rings. The number of rotatable bonds is 9. The van der Waals surface area contributed by atoms with Gasteiger partial charge in [-0.25, -0.2) is 4.79 Å². The van der Waals surface area contributed by atoms with E-state index < -0.39 is 24.5 Å². The van der Waals surface area contributed by atoms with Crippen molar-refractivity contribution in [2.45, 2.75) is 26.7 Å². The lowest BCUT2D eigenvalue weighted by atomic mass is 10.1. The van der Waals surface area contributed by atoms with Gasteiger partial charge in [-0.05, 0) is 37.1 Å². The SMILES string of the molecule is CCOC(=O)c1cc(CC)sc1NC(=O)COC(=O)Cc1ccc(OC)cc1. The van der Waals surface area contributed by atoms with Gasteiger partial charge in [-0.3, -0.25) is 9.59 Å². The molecule has 0 bridgehead atoms. The molecule has 0 aliphatic heterocycles. The first-order valence-electron chi connectivity index (χ1n) is 8.85. The van der Waals surface area contributed by atoms with Crippen molar-refractivity contribution in [2.24, 2.45) is 0 Å². The van der Waals surface area contributed by atoms with Gasteiger partial charge in [0.15, 0.2) is 6.61 Å². The first kappa shape index (κ1) is 21.4. The third-order valence-electron chi connectivity index (χ3n) is 3.75. The highest BCUT2D eigenvalue weighted by atomic mass is 32.1. The van der Waals surface area contributed by atoms with Gasteiger partial charge in [0.05, 0.1) is 25.7 Å². The molecule has 0 aliphatic carbocycles. The molecule has 150 valence electrons. The number of anilines is 1. The van der Waals surface area contributed by atoms with Gasteiger partial charge < -0.3 is 19.5 Å². The van der Waals surface area contributed by atoms with Gasteiger partial charge in [0.25, 0.3) is 5.91 Å². The molecule has 7 nitrogen and oxygen atoms in total. The first-order chi connectivity index (χ1) is 13.5. The van der Waals surface area contributed by atoms with Gasteiger partial charge in [0.2, 0.25) is 0 Å². The molecule has 1 heterocycles. The van der Waals surface area contributed by atoms with E-state index >= 15 is 0 Å². The van der Waals surface area contributed by atoms with Crippen LogP contribution in [-0.4, -0.2) is 38.2 Å². The van der Waals surface area contributed by atoms with E-state index in [2.05, 4.69) is 5.32 Å². The molecule has 0 atom stereocenters. The smallest absolute Gasteiger partial charge is 0.341 e. The van der Waals surface area contributed by atoms with Gasteiger partial charge in [-0.15, -0.1) is 11.3 Å². The Morgan fingerprint density at radius 3 is 2.39 bits per heavy atom. The second kappa shape index (κ2) is 10.5. The maximum absolute atomic E-state index is 12.1. The standard InChI is InChI=1S/C20H23NO6S/c1-4-15-11-16(20(24)26-5-2)19(28-15)21-17(22)12-27-18(23)10-13-6-8-14(25-3)9-7-13/h6-9,11H,4-5,10,12H2,1-3H3,(H,21,22). The van der Waals surface area contributed by atoms with E-state index in [-0.39, 0.29) is 13.0 Å². The minimum atomic E-state index is -0.522. The third kappa shape index (κ3) is 6.09. The van der Waals surface area contributed by atoms with Crippen LogP contribution in [0.25, 0.3) is 0 Å². The molecule has 0 spiro atoms. The number of hydrogen-bond donors (Lipinski definition) is 1. The zero-order chi connectivity index (χ0) is 20.5. The lowest BCUT2D eigenvalue weighted by molar-refractivity contribution is -0.146. The fraction of sp³-hybridized carbons (Fsp3) is 0.350. The van der Waals surface area contributed by atoms with E-state index in [0.717, 1.165) is 16.9 Å². The summed E-state index contributed by atoms with van der Waals surface area (Å²) in [6.07, 6.45) is 0.772. The number of benzene rings is 1. The highest BCUT2D eigenvalue weighted by Gasteiger charge is 2.19. The molecule has 0 saturated carbocycles. The van der Waals surface area contributed by atoms with Crippen LogP contribution in [-0.2, 0) is 31.9 Å². The Kier molecular flexibility index (Phi) is 8.01. The number of carbonyl (C=O) groups excluding carboxylic acids is 3. The van der Waals surface area contributed by atoms with Gasteiger partial charge in [-0.2, -0.15) is 0 Å². The lowest BCUT2D eigenvalue weighted by Gasteiger charge is -2.07. The Balaban J connectivity index is 1.90. The van der Waals surface area contributed by atoms with Gasteiger partial charge in [0, 0.05) is 4.88 Å². The summed E-state index contributed by atoms with van der Waals surface area (Å²) in [5.41, 5.74) is 1.06. The molecule has 1 aromatic heterocycles. The molecule has 28 heavy (non-hydrogen) atoms. The Bertz CT molecular complexity index is 828. The average molecular weight is 405 g/mol. The molecule has 0 saturated heterocycles. The van der Waals surface area contributed by atoms with Crippen LogP contribution < -0.4 is 10.1 Å². The molecule has 1 amide bonds. The molecule has 1 aromatic carbocycles. The summed E-state index contributed by atoms with van der Waals surface area (Å²) in [6.45, 7) is 3.47. The zero-order valence-electron chi connectivity index (χ0n) is 16.1. The quantitative estimate of drug-likeness (QED) is 0.644. The van der Waals surface area contributed by atoms with E-state index in [1.54, 1.807) is 44.4 Å². The number of nitrogens with one attached hydrogen (secondary N) is 1. The average Bonchev–Trinajstić information content (AvgIpc) is 3.10. The number of methoxy groups -OCH3 is 1. The summed E-state index contributed by atoms with van der Waals surface area (Å²) in [4.78, 5) is 37.0. The third-order valence-corrected chi connectivity index (χ3v) is 4.95. The van der Waals surface area contributed by atoms with Gasteiger partial charge in [0.1, 0.15) is 10.8 Å². The van der Waals surface area contributed by atoms with Crippen LogP contribution in [0.5, 0.6) is 5.75 Å². The molecular weight excluding hydrogens is 382 g/mol. The molecule has 0 unspecified atom stereocenters. The van der Waals surface area contributed by atoms with Crippen LogP contribution in [0.1, 0.15) is 34.6 Å². The van der Waals surface area contributed by atoms with Crippen LogP contribution >= 0.6 is 11.3 Å². The van der Waals surface area contributed by atoms with E-state index in [4.69, 9.17) is 14.2 Å². The first-order valence-corrected chi connectivity index (χ1v) is 9.66. The van der Waals surface area contributed by atoms with Crippen molar-refractivity contribution in [3.8, 4) is 5.75 Å². The van der Waals surface area contributed by atoms with E-state index in [0.29, 0.717) is 16.3 Å². The van der Waals surface area contributed by atoms with Crippen LogP contribution in [0.15, 0.2) is 30.3 Å². The molecule has 0 radical (unpaired) electrons. The predicted octanol–water partition coefficient (Wildman–Crippen LogP) is 3.22. The maximum atomic E-state index is 12.1. The fourth-order valence-electron chi connectivity index (χ4n) is 2.34. The van der Waals surface area contributed by atoms with Crippen molar-refractivity contribution in [3.63, 3.8) is 0 Å². The number of amides is 1. The second-order valence-corrected chi connectivity index (χ2v) is 6.90. The van der Waals surface area contributed by atoms with Crippen molar-refractivity contribution < 1.29 is 28.6 Å². The maximum Gasteiger partial charge on any atom is 0.341 e. The number of esters is 2. The van der Waals surface area contributed by atoms with Crippen LogP contribution in [0.3, 0.4) is 0 Å². The number of carbonyl (C=O) groups is 3. The number of ether oxygens (including phenoxy) is 3. The highest BCUT2D eigenvalue weighted by molar-refractivity contribution is 7.16. The summed E-state index contributed by atoms with van der Waals surface area (Å²) in [5.74, 6) is -0.842. The summed E-state index contributed by atoms with van der Waals surface area (Å²) in [6, 6.07) is 8.70. The van der Waals surface area contributed by atoms with Crippen LogP contribution in [0.2, 0.25) is 0 Å². The monoisotopic (exact) mass is 405 g/mol. The number of thiophene rings is 1. The van der Waals surface area contributed by atoms with Crippen molar-refractivity contribution >= 4 is 34.2 Å². The molecule has 2 aromatic rings. The predicted molar refractivity (Wildman–Crippen MR) is 106 cm³/mol. The summed E-state index contributed by atoms with van der Waals surface area (Å²) < 4.78 is 15.1. The van der Waals surface area contributed by atoms with Crippen molar-refractivity contribution in [1.29, 1.82) is 0 Å². The van der Waals surface area contributed by atoms with E-state index in [1.807, 2.05) is 6.92 Å². The zero-order valence-corrected chi connectivity index (χ0v) is 16.9. The number of hydrogen-bond acceptors (Lipinski definition) is 7.